The van der Waals surface area contributed by atoms with Gasteiger partial charge in [0.2, 0.25) is 0 Å². The van der Waals surface area contributed by atoms with Crippen LogP contribution in [-0.4, -0.2) is 25.5 Å². The van der Waals surface area contributed by atoms with Crippen LogP contribution in [-0.2, 0) is 15.9 Å². The summed E-state index contributed by atoms with van der Waals surface area (Å²) >= 11 is 0. The van der Waals surface area contributed by atoms with E-state index in [1.165, 1.54) is 12.2 Å². The summed E-state index contributed by atoms with van der Waals surface area (Å²) in [5, 5.41) is 0. The third kappa shape index (κ3) is 6.62. The molecule has 0 fully saturated rings. The van der Waals surface area contributed by atoms with Crippen LogP contribution in [0.3, 0.4) is 0 Å². The number of benzene rings is 2. The number of rotatable bonds is 8. The van der Waals surface area contributed by atoms with Crippen molar-refractivity contribution in [3.05, 3.63) is 72.8 Å². The standard InChI is InChI=1S/C21H22N2O6/c1-3-9-26-20(24)28-18-12-14(5-7-16(18)22)11-15-6-8-17(23)19(13-15)29-21(25)27-10-4-2/h3-8,12-13H,1-2,9-11,22-23H2. The van der Waals surface area contributed by atoms with E-state index < -0.39 is 12.3 Å². The summed E-state index contributed by atoms with van der Waals surface area (Å²) in [5.41, 5.74) is 13.9. The first kappa shape index (κ1) is 21.4. The van der Waals surface area contributed by atoms with E-state index in [9.17, 15) is 9.59 Å². The summed E-state index contributed by atoms with van der Waals surface area (Å²) in [5.74, 6) is 0.355. The largest absolute Gasteiger partial charge is 0.514 e. The second kappa shape index (κ2) is 10.4. The van der Waals surface area contributed by atoms with Gasteiger partial charge in [-0.1, -0.05) is 37.4 Å². The third-order valence-electron chi connectivity index (χ3n) is 3.59. The molecule has 4 N–H and O–H groups in total. The highest BCUT2D eigenvalue weighted by Crippen LogP contribution is 2.28. The Morgan fingerprint density at radius 1 is 0.793 bits per heavy atom. The smallest absolute Gasteiger partial charge is 0.430 e. The lowest BCUT2D eigenvalue weighted by Crippen LogP contribution is -2.12. The Hall–Kier alpha value is -3.94. The molecule has 0 saturated carbocycles. The highest BCUT2D eigenvalue weighted by molar-refractivity contribution is 5.69. The van der Waals surface area contributed by atoms with Gasteiger partial charge in [-0.3, -0.25) is 0 Å². The van der Waals surface area contributed by atoms with Crippen molar-refractivity contribution >= 4 is 23.7 Å². The number of nitrogens with two attached hydrogens (primary N) is 2. The lowest BCUT2D eigenvalue weighted by molar-refractivity contribution is 0.109. The molecule has 8 heteroatoms. The van der Waals surface area contributed by atoms with Gasteiger partial charge in [0.15, 0.2) is 11.5 Å². The van der Waals surface area contributed by atoms with Crippen LogP contribution in [0.1, 0.15) is 11.1 Å². The first-order valence-corrected chi connectivity index (χ1v) is 8.60. The van der Waals surface area contributed by atoms with Gasteiger partial charge in [-0.2, -0.15) is 0 Å². The van der Waals surface area contributed by atoms with E-state index in [4.69, 9.17) is 30.4 Å². The number of anilines is 2. The van der Waals surface area contributed by atoms with Crippen molar-refractivity contribution in [3.8, 4) is 11.5 Å². The molecule has 0 spiro atoms. The number of carbonyl (C=O) groups excluding carboxylic acids is 2. The molecule has 0 radical (unpaired) electrons. The Morgan fingerprint density at radius 3 is 1.59 bits per heavy atom. The van der Waals surface area contributed by atoms with Gasteiger partial charge in [0.05, 0.1) is 11.4 Å². The minimum atomic E-state index is -0.880. The molecule has 2 aromatic rings. The second-order valence-electron chi connectivity index (χ2n) is 5.82. The van der Waals surface area contributed by atoms with Crippen LogP contribution >= 0.6 is 0 Å². The van der Waals surface area contributed by atoms with Gasteiger partial charge in [0, 0.05) is 0 Å². The molecule has 0 bridgehead atoms. The van der Waals surface area contributed by atoms with E-state index in [1.807, 2.05) is 0 Å². The zero-order valence-electron chi connectivity index (χ0n) is 15.8. The Bertz CT molecular complexity index is 837. The molecule has 0 unspecified atom stereocenters. The Morgan fingerprint density at radius 2 is 1.21 bits per heavy atom. The first-order valence-electron chi connectivity index (χ1n) is 8.60. The number of nitrogen functional groups attached to an aromatic ring is 2. The molecule has 0 amide bonds. The van der Waals surface area contributed by atoms with Gasteiger partial charge < -0.3 is 30.4 Å². The Kier molecular flexibility index (Phi) is 7.67. The van der Waals surface area contributed by atoms with Crippen LogP contribution in [0.25, 0.3) is 0 Å². The van der Waals surface area contributed by atoms with Gasteiger partial charge in [-0.15, -0.1) is 0 Å². The topological polar surface area (TPSA) is 123 Å². The summed E-state index contributed by atoms with van der Waals surface area (Å²) in [6.07, 6.45) is 1.53. The molecule has 2 rings (SSSR count). The van der Waals surface area contributed by atoms with Gasteiger partial charge >= 0.3 is 12.3 Å². The minimum Gasteiger partial charge on any atom is -0.430 e. The van der Waals surface area contributed by atoms with Crippen LogP contribution in [0.4, 0.5) is 21.0 Å². The molecular weight excluding hydrogens is 376 g/mol. The van der Waals surface area contributed by atoms with Crippen molar-refractivity contribution in [2.45, 2.75) is 6.42 Å². The molecule has 29 heavy (non-hydrogen) atoms. The summed E-state index contributed by atoms with van der Waals surface area (Å²) in [6.45, 7) is 6.97. The average Bonchev–Trinajstić information content (AvgIpc) is 2.70. The number of ether oxygens (including phenoxy) is 4. The summed E-state index contributed by atoms with van der Waals surface area (Å²) in [4.78, 5) is 23.2. The van der Waals surface area contributed by atoms with E-state index in [0.717, 1.165) is 11.1 Å². The maximum absolute atomic E-state index is 11.6. The van der Waals surface area contributed by atoms with Crippen molar-refractivity contribution in [2.75, 3.05) is 24.7 Å². The maximum Gasteiger partial charge on any atom is 0.514 e. The van der Waals surface area contributed by atoms with E-state index in [0.29, 0.717) is 6.42 Å². The Labute approximate surface area is 168 Å². The van der Waals surface area contributed by atoms with Crippen molar-refractivity contribution < 1.29 is 28.5 Å². The normalized spacial score (nSPS) is 9.93. The van der Waals surface area contributed by atoms with Crippen LogP contribution < -0.4 is 20.9 Å². The first-order chi connectivity index (χ1) is 13.9. The van der Waals surface area contributed by atoms with Gasteiger partial charge in [-0.05, 0) is 41.8 Å². The average molecular weight is 398 g/mol. The van der Waals surface area contributed by atoms with Crippen LogP contribution in [0.2, 0.25) is 0 Å². The molecule has 152 valence electrons. The van der Waals surface area contributed by atoms with E-state index in [-0.39, 0.29) is 36.1 Å². The van der Waals surface area contributed by atoms with E-state index in [2.05, 4.69) is 13.2 Å². The minimum absolute atomic E-state index is 0.0296. The molecule has 0 aromatic heterocycles. The van der Waals surface area contributed by atoms with E-state index >= 15 is 0 Å². The fourth-order valence-electron chi connectivity index (χ4n) is 2.28. The van der Waals surface area contributed by atoms with E-state index in [1.54, 1.807) is 36.4 Å². The maximum atomic E-state index is 11.6. The van der Waals surface area contributed by atoms with Gasteiger partial charge in [-0.25, -0.2) is 9.59 Å². The predicted octanol–water partition coefficient (Wildman–Crippen LogP) is 3.84. The number of carbonyl (C=O) groups is 2. The lowest BCUT2D eigenvalue weighted by atomic mass is 10.0. The van der Waals surface area contributed by atoms with Crippen molar-refractivity contribution in [1.29, 1.82) is 0 Å². The molecular formula is C21H22N2O6. The highest BCUT2D eigenvalue weighted by Gasteiger charge is 2.12. The monoisotopic (exact) mass is 398 g/mol. The molecule has 8 nitrogen and oxygen atoms in total. The quantitative estimate of drug-likeness (QED) is 0.297. The van der Waals surface area contributed by atoms with Crippen LogP contribution in [0.15, 0.2) is 61.7 Å². The molecule has 0 aliphatic carbocycles. The Balaban J connectivity index is 2.13. The fraction of sp³-hybridized carbons (Fsp3) is 0.143. The summed E-state index contributed by atoms with van der Waals surface area (Å²) in [7, 11) is 0. The molecule has 0 aliphatic heterocycles. The summed E-state index contributed by atoms with van der Waals surface area (Å²) in [6, 6.07) is 10.1. The number of hydrogen-bond acceptors (Lipinski definition) is 8. The molecule has 0 aliphatic rings. The zero-order chi connectivity index (χ0) is 21.2. The molecule has 0 heterocycles. The van der Waals surface area contributed by atoms with Crippen molar-refractivity contribution in [1.82, 2.24) is 0 Å². The van der Waals surface area contributed by atoms with Crippen molar-refractivity contribution in [3.63, 3.8) is 0 Å². The molecule has 0 atom stereocenters. The summed E-state index contributed by atoms with van der Waals surface area (Å²) < 4.78 is 19.8. The van der Waals surface area contributed by atoms with Crippen molar-refractivity contribution in [2.24, 2.45) is 0 Å². The zero-order valence-corrected chi connectivity index (χ0v) is 15.8. The highest BCUT2D eigenvalue weighted by atomic mass is 16.7. The van der Waals surface area contributed by atoms with Crippen LogP contribution in [0, 0.1) is 0 Å². The molecule has 2 aromatic carbocycles. The van der Waals surface area contributed by atoms with Crippen LogP contribution in [0.5, 0.6) is 11.5 Å². The predicted molar refractivity (Wildman–Crippen MR) is 109 cm³/mol. The second-order valence-corrected chi connectivity index (χ2v) is 5.82. The molecule has 0 saturated heterocycles. The van der Waals surface area contributed by atoms with Gasteiger partial charge in [0.25, 0.3) is 0 Å². The number of hydrogen-bond donors (Lipinski definition) is 2. The third-order valence-corrected chi connectivity index (χ3v) is 3.59. The lowest BCUT2D eigenvalue weighted by Gasteiger charge is -2.11. The SMILES string of the molecule is C=CCOC(=O)Oc1cc(Cc2ccc(N)c(OC(=O)OCC=C)c2)ccc1N. The van der Waals surface area contributed by atoms with Gasteiger partial charge in [0.1, 0.15) is 13.2 Å². The fourth-order valence-corrected chi connectivity index (χ4v) is 2.28.